The first kappa shape index (κ1) is 14.9. The van der Waals surface area contributed by atoms with E-state index in [1.807, 2.05) is 35.2 Å². The number of pyridine rings is 2. The first-order valence-electron chi connectivity index (χ1n) is 5.01. The Labute approximate surface area is 114 Å². The molecule has 6 heteroatoms. The second kappa shape index (κ2) is 6.66. The average Bonchev–Trinajstić information content (AvgIpc) is 2.39. The number of thioether (sulfide) groups is 1. The molecular formula is C12H11ClF2N2S. The lowest BCUT2D eigenvalue weighted by Gasteiger charge is -2.01. The maximum absolute atomic E-state index is 12.4. The van der Waals surface area contributed by atoms with Crippen molar-refractivity contribution in [3.8, 4) is 5.69 Å². The predicted molar refractivity (Wildman–Crippen MR) is 62.5 cm³/mol. The largest absolute Gasteiger partial charge is 1.00 e. The fraction of sp³-hybridized carbons (Fsp3) is 0.167. The lowest BCUT2D eigenvalue weighted by atomic mass is 10.3. The molecule has 2 aromatic rings. The van der Waals surface area contributed by atoms with Gasteiger partial charge < -0.3 is 12.4 Å². The third-order valence-electron chi connectivity index (χ3n) is 2.30. The van der Waals surface area contributed by atoms with Crippen LogP contribution in [0.5, 0.6) is 0 Å². The summed E-state index contributed by atoms with van der Waals surface area (Å²) in [5, 5.41) is 1.03. The molecule has 0 atom stereocenters. The maximum Gasteiger partial charge on any atom is 0.280 e. The first-order valence-corrected chi connectivity index (χ1v) is 6.24. The highest BCUT2D eigenvalue weighted by molar-refractivity contribution is 7.98. The minimum atomic E-state index is -2.52. The van der Waals surface area contributed by atoms with E-state index in [2.05, 4.69) is 4.98 Å². The van der Waals surface area contributed by atoms with Crippen LogP contribution in [0.1, 0.15) is 12.1 Å². The summed E-state index contributed by atoms with van der Waals surface area (Å²) in [7, 11) is 0. The molecule has 0 amide bonds. The number of hydrogen-bond donors (Lipinski definition) is 0. The van der Waals surface area contributed by atoms with Crippen molar-refractivity contribution in [2.75, 3.05) is 6.26 Å². The van der Waals surface area contributed by atoms with Crippen LogP contribution in [0.25, 0.3) is 5.69 Å². The highest BCUT2D eigenvalue weighted by atomic mass is 35.5. The Hall–Kier alpha value is -1.20. The Balaban J connectivity index is 0.00000162. The van der Waals surface area contributed by atoms with Crippen molar-refractivity contribution in [1.29, 1.82) is 0 Å². The van der Waals surface area contributed by atoms with E-state index in [1.54, 1.807) is 17.8 Å². The highest BCUT2D eigenvalue weighted by Crippen LogP contribution is 2.16. The minimum absolute atomic E-state index is 0. The van der Waals surface area contributed by atoms with Crippen LogP contribution >= 0.6 is 11.8 Å². The molecule has 0 radical (unpaired) electrons. The van der Waals surface area contributed by atoms with E-state index >= 15 is 0 Å². The van der Waals surface area contributed by atoms with Gasteiger partial charge in [-0.05, 0) is 18.4 Å². The molecule has 0 aromatic carbocycles. The quantitative estimate of drug-likeness (QED) is 0.585. The van der Waals surface area contributed by atoms with Gasteiger partial charge in [0.05, 0.1) is 6.20 Å². The van der Waals surface area contributed by atoms with Crippen LogP contribution in [0.15, 0.2) is 47.8 Å². The molecule has 0 N–H and O–H groups in total. The fourth-order valence-electron chi connectivity index (χ4n) is 1.48. The number of aromatic nitrogens is 2. The Kier molecular flexibility index (Phi) is 5.50. The van der Waals surface area contributed by atoms with Gasteiger partial charge in [0.2, 0.25) is 10.7 Å². The van der Waals surface area contributed by atoms with Crippen molar-refractivity contribution < 1.29 is 25.8 Å². The van der Waals surface area contributed by atoms with Gasteiger partial charge in [-0.1, -0.05) is 11.8 Å². The summed E-state index contributed by atoms with van der Waals surface area (Å²) in [4.78, 5) is 3.75. The molecule has 0 spiro atoms. The summed E-state index contributed by atoms with van der Waals surface area (Å²) in [5.41, 5.74) is 0.579. The maximum atomic E-state index is 12.4. The highest BCUT2D eigenvalue weighted by Gasteiger charge is 2.14. The Morgan fingerprint density at radius 1 is 1.22 bits per heavy atom. The van der Waals surface area contributed by atoms with E-state index in [-0.39, 0.29) is 18.1 Å². The monoisotopic (exact) mass is 288 g/mol. The molecule has 0 saturated carbocycles. The van der Waals surface area contributed by atoms with E-state index < -0.39 is 6.43 Å². The smallest absolute Gasteiger partial charge is 0.280 e. The summed E-state index contributed by atoms with van der Waals surface area (Å²) >= 11 is 1.59. The van der Waals surface area contributed by atoms with Crippen LogP contribution in [-0.2, 0) is 0 Å². The van der Waals surface area contributed by atoms with Gasteiger partial charge in [0.15, 0.2) is 6.20 Å². The molecule has 2 rings (SSSR count). The number of halogens is 3. The summed E-state index contributed by atoms with van der Waals surface area (Å²) < 4.78 is 26.7. The molecule has 18 heavy (non-hydrogen) atoms. The topological polar surface area (TPSA) is 16.8 Å². The number of nitrogens with zero attached hydrogens (tertiary/aromatic N) is 2. The van der Waals surface area contributed by atoms with Gasteiger partial charge >= 0.3 is 0 Å². The standard InChI is InChI=1S/C12H11F2N2S.ClH/c1-17-11-4-2-3-7-16(11)9-5-6-10(12(13)14)15-8-9;/h2-8,12H,1H3;1H/q+1;/p-1. The molecule has 0 aliphatic rings. The predicted octanol–water partition coefficient (Wildman–Crippen LogP) is 0.0218. The lowest BCUT2D eigenvalue weighted by molar-refractivity contribution is -0.636. The van der Waals surface area contributed by atoms with E-state index in [4.69, 9.17) is 0 Å². The van der Waals surface area contributed by atoms with Crippen molar-refractivity contribution in [3.05, 3.63) is 48.4 Å². The molecule has 0 bridgehead atoms. The summed E-state index contributed by atoms with van der Waals surface area (Å²) in [6, 6.07) is 8.79. The SMILES string of the molecule is CSc1cccc[n+]1-c1ccc(C(F)F)nc1.[Cl-]. The van der Waals surface area contributed by atoms with E-state index in [0.29, 0.717) is 0 Å². The zero-order valence-electron chi connectivity index (χ0n) is 9.56. The molecule has 0 fully saturated rings. The van der Waals surface area contributed by atoms with Crippen LogP contribution in [0.4, 0.5) is 8.78 Å². The summed E-state index contributed by atoms with van der Waals surface area (Å²) in [5.74, 6) is 0. The molecule has 2 aromatic heterocycles. The van der Waals surface area contributed by atoms with Gasteiger partial charge in [0.25, 0.3) is 6.43 Å². The lowest BCUT2D eigenvalue weighted by Crippen LogP contribution is -3.00. The van der Waals surface area contributed by atoms with Crippen molar-refractivity contribution in [2.24, 2.45) is 0 Å². The summed E-state index contributed by atoms with van der Waals surface area (Å²) in [6.07, 6.45) is 2.78. The third kappa shape index (κ3) is 3.17. The zero-order chi connectivity index (χ0) is 12.3. The van der Waals surface area contributed by atoms with Gasteiger partial charge in [-0.15, -0.1) is 0 Å². The fourth-order valence-corrected chi connectivity index (χ4v) is 2.05. The van der Waals surface area contributed by atoms with Crippen LogP contribution < -0.4 is 17.0 Å². The number of hydrogen-bond acceptors (Lipinski definition) is 2. The van der Waals surface area contributed by atoms with Crippen molar-refractivity contribution in [2.45, 2.75) is 11.5 Å². The van der Waals surface area contributed by atoms with E-state index in [1.165, 1.54) is 12.3 Å². The van der Waals surface area contributed by atoms with Gasteiger partial charge in [-0.2, -0.15) is 4.57 Å². The third-order valence-corrected chi connectivity index (χ3v) is 3.06. The molecular weight excluding hydrogens is 278 g/mol. The Bertz CT molecular complexity index is 506. The first-order chi connectivity index (χ1) is 8.22. The normalized spacial score (nSPS) is 10.2. The van der Waals surface area contributed by atoms with Crippen LogP contribution in [0.3, 0.4) is 0 Å². The van der Waals surface area contributed by atoms with E-state index in [9.17, 15) is 8.78 Å². The molecule has 0 saturated heterocycles. The Morgan fingerprint density at radius 3 is 2.56 bits per heavy atom. The average molecular weight is 289 g/mol. The number of rotatable bonds is 3. The molecule has 2 heterocycles. The van der Waals surface area contributed by atoms with Crippen molar-refractivity contribution in [1.82, 2.24) is 4.98 Å². The molecule has 0 unspecified atom stereocenters. The minimum Gasteiger partial charge on any atom is -1.00 e. The molecule has 2 nitrogen and oxygen atoms in total. The van der Waals surface area contributed by atoms with Crippen molar-refractivity contribution >= 4 is 11.8 Å². The van der Waals surface area contributed by atoms with Gasteiger partial charge in [0.1, 0.15) is 5.69 Å². The van der Waals surface area contributed by atoms with Crippen LogP contribution in [-0.4, -0.2) is 11.2 Å². The zero-order valence-corrected chi connectivity index (χ0v) is 11.1. The Morgan fingerprint density at radius 2 is 2.00 bits per heavy atom. The van der Waals surface area contributed by atoms with Crippen molar-refractivity contribution in [3.63, 3.8) is 0 Å². The molecule has 0 aliphatic heterocycles. The van der Waals surface area contributed by atoms with Crippen LogP contribution in [0.2, 0.25) is 0 Å². The van der Waals surface area contributed by atoms with Crippen LogP contribution in [0, 0.1) is 0 Å². The van der Waals surface area contributed by atoms with Gasteiger partial charge in [-0.3, -0.25) is 0 Å². The number of alkyl halides is 2. The second-order valence-corrected chi connectivity index (χ2v) is 4.18. The second-order valence-electron chi connectivity index (χ2n) is 3.35. The van der Waals surface area contributed by atoms with Gasteiger partial charge in [0, 0.05) is 18.2 Å². The molecule has 0 aliphatic carbocycles. The summed E-state index contributed by atoms with van der Waals surface area (Å²) in [6.45, 7) is 0. The van der Waals surface area contributed by atoms with E-state index in [0.717, 1.165) is 10.7 Å². The molecule has 96 valence electrons. The van der Waals surface area contributed by atoms with Gasteiger partial charge in [-0.25, -0.2) is 13.8 Å².